The molecule has 0 radical (unpaired) electrons. The van der Waals surface area contributed by atoms with Crippen LogP contribution in [-0.2, 0) is 11.2 Å². The number of rotatable bonds is 11. The maximum atomic E-state index is 10.4. The van der Waals surface area contributed by atoms with Gasteiger partial charge in [-0.2, -0.15) is 4.68 Å². The van der Waals surface area contributed by atoms with Gasteiger partial charge in [-0.05, 0) is 31.2 Å². The molecule has 0 aliphatic carbocycles. The zero-order valence-corrected chi connectivity index (χ0v) is 19.4. The van der Waals surface area contributed by atoms with E-state index in [2.05, 4.69) is 56.8 Å². The molecule has 1 aromatic carbocycles. The minimum atomic E-state index is -1.26. The zero-order chi connectivity index (χ0) is 23.2. The Balaban J connectivity index is 1.50. The van der Waals surface area contributed by atoms with Crippen LogP contribution in [0.5, 0.6) is 0 Å². The van der Waals surface area contributed by atoms with Crippen molar-refractivity contribution in [3.8, 4) is 0 Å². The van der Waals surface area contributed by atoms with Crippen LogP contribution in [0.25, 0.3) is 11.2 Å². The molecule has 0 amide bonds. The van der Waals surface area contributed by atoms with E-state index in [1.807, 2.05) is 6.07 Å². The number of anilines is 1. The van der Waals surface area contributed by atoms with E-state index < -0.39 is 31.1 Å². The van der Waals surface area contributed by atoms with E-state index in [9.17, 15) is 15.3 Å². The normalized spacial score (nSPS) is 22.8. The fourth-order valence-electron chi connectivity index (χ4n) is 3.75. The van der Waals surface area contributed by atoms with Gasteiger partial charge in [0.2, 0.25) is 0 Å². The molecule has 1 saturated heterocycles. The number of nitrogens with one attached hydrogen (secondary N) is 1. The van der Waals surface area contributed by atoms with Gasteiger partial charge in [0.05, 0.1) is 6.61 Å². The molecular formula is C22H30N6O4S. The number of aliphatic hydroxyl groups excluding tert-OH is 3. The lowest BCUT2D eigenvalue weighted by atomic mass is 10.1. The molecule has 4 N–H and O–H groups in total. The Bertz CT molecular complexity index is 1040. The lowest BCUT2D eigenvalue weighted by Gasteiger charge is -2.15. The number of hydrogen-bond acceptors (Lipinski definition) is 10. The summed E-state index contributed by atoms with van der Waals surface area (Å²) in [7, 11) is 0. The molecule has 11 heteroatoms. The predicted octanol–water partition coefficient (Wildman–Crippen LogP) is 1.77. The van der Waals surface area contributed by atoms with Crippen molar-refractivity contribution in [2.24, 2.45) is 0 Å². The molecule has 0 spiro atoms. The molecule has 3 aromatic rings. The third kappa shape index (κ3) is 5.44. The third-order valence-electron chi connectivity index (χ3n) is 5.52. The van der Waals surface area contributed by atoms with Crippen molar-refractivity contribution in [3.63, 3.8) is 0 Å². The number of aryl methyl sites for hydroxylation is 1. The van der Waals surface area contributed by atoms with Crippen LogP contribution < -0.4 is 5.32 Å². The summed E-state index contributed by atoms with van der Waals surface area (Å²) in [6.45, 7) is 2.39. The standard InChI is InChI=1S/C22H30N6O4S/c1-2-12-33-22-24-19(23-11-7-6-10-14-8-4-3-5-9-14)16-20(25-22)28(27-26-16)21-18(31)17(30)15(13-29)32-21/h3-5,8-9,15,17-18,21,29-31H,2,6-7,10-13H2,1H3,(H,23,24,25)/t15-,17-,18-,21-/m1/s1. The monoisotopic (exact) mass is 474 g/mol. The van der Waals surface area contributed by atoms with Crippen LogP contribution in [-0.4, -0.2) is 77.5 Å². The summed E-state index contributed by atoms with van der Waals surface area (Å²) in [6, 6.07) is 10.4. The summed E-state index contributed by atoms with van der Waals surface area (Å²) in [6.07, 6.45) is -0.400. The Morgan fingerprint density at radius 3 is 2.67 bits per heavy atom. The highest BCUT2D eigenvalue weighted by atomic mass is 32.2. The van der Waals surface area contributed by atoms with Gasteiger partial charge in [-0.25, -0.2) is 9.97 Å². The summed E-state index contributed by atoms with van der Waals surface area (Å²) in [4.78, 5) is 9.22. The molecule has 2 aromatic heterocycles. The van der Waals surface area contributed by atoms with Gasteiger partial charge in [-0.3, -0.25) is 0 Å². The van der Waals surface area contributed by atoms with Crippen LogP contribution in [0.4, 0.5) is 5.82 Å². The fraction of sp³-hybridized carbons (Fsp3) is 0.545. The quantitative estimate of drug-likeness (QED) is 0.185. The zero-order valence-electron chi connectivity index (χ0n) is 18.5. The second kappa shape index (κ2) is 11.2. The molecule has 1 aliphatic rings. The Kier molecular flexibility index (Phi) is 8.10. The van der Waals surface area contributed by atoms with Crippen molar-refractivity contribution in [2.45, 2.75) is 62.3 Å². The van der Waals surface area contributed by atoms with Gasteiger partial charge in [-0.15, -0.1) is 5.10 Å². The number of aromatic nitrogens is 5. The van der Waals surface area contributed by atoms with Gasteiger partial charge >= 0.3 is 0 Å². The number of nitrogens with zero attached hydrogens (tertiary/aromatic N) is 5. The van der Waals surface area contributed by atoms with Crippen molar-refractivity contribution >= 4 is 28.7 Å². The maximum Gasteiger partial charge on any atom is 0.191 e. The van der Waals surface area contributed by atoms with Crippen molar-refractivity contribution in [2.75, 3.05) is 24.2 Å². The second-order valence-electron chi connectivity index (χ2n) is 8.01. The highest BCUT2D eigenvalue weighted by Gasteiger charge is 2.44. The Morgan fingerprint density at radius 1 is 1.12 bits per heavy atom. The predicted molar refractivity (Wildman–Crippen MR) is 125 cm³/mol. The molecule has 33 heavy (non-hydrogen) atoms. The highest BCUT2D eigenvalue weighted by molar-refractivity contribution is 7.99. The van der Waals surface area contributed by atoms with Gasteiger partial charge in [0, 0.05) is 12.3 Å². The van der Waals surface area contributed by atoms with E-state index in [-0.39, 0.29) is 0 Å². The van der Waals surface area contributed by atoms with Gasteiger partial charge in [-0.1, -0.05) is 54.2 Å². The molecule has 0 bridgehead atoms. The number of hydrogen-bond donors (Lipinski definition) is 4. The lowest BCUT2D eigenvalue weighted by Crippen LogP contribution is -2.33. The summed E-state index contributed by atoms with van der Waals surface area (Å²) in [5.74, 6) is 1.44. The minimum Gasteiger partial charge on any atom is -0.394 e. The van der Waals surface area contributed by atoms with Crippen molar-refractivity contribution < 1.29 is 20.1 Å². The first-order chi connectivity index (χ1) is 16.1. The largest absolute Gasteiger partial charge is 0.394 e. The Morgan fingerprint density at radius 2 is 1.94 bits per heavy atom. The van der Waals surface area contributed by atoms with Gasteiger partial charge in [0.1, 0.15) is 18.3 Å². The van der Waals surface area contributed by atoms with Crippen molar-refractivity contribution in [3.05, 3.63) is 35.9 Å². The van der Waals surface area contributed by atoms with Gasteiger partial charge in [0.25, 0.3) is 0 Å². The molecule has 10 nitrogen and oxygen atoms in total. The first kappa shape index (κ1) is 23.8. The maximum absolute atomic E-state index is 10.4. The average molecular weight is 475 g/mol. The van der Waals surface area contributed by atoms with E-state index in [0.29, 0.717) is 22.1 Å². The molecule has 3 heterocycles. The van der Waals surface area contributed by atoms with E-state index in [1.165, 1.54) is 22.0 Å². The summed E-state index contributed by atoms with van der Waals surface area (Å²) >= 11 is 1.53. The van der Waals surface area contributed by atoms with Crippen LogP contribution in [0, 0.1) is 0 Å². The highest BCUT2D eigenvalue weighted by Crippen LogP contribution is 2.32. The summed E-state index contributed by atoms with van der Waals surface area (Å²) < 4.78 is 6.98. The number of fused-ring (bicyclic) bond motifs is 1. The van der Waals surface area contributed by atoms with Crippen LogP contribution in [0.2, 0.25) is 0 Å². The Hall–Kier alpha value is -2.31. The summed E-state index contributed by atoms with van der Waals surface area (Å²) in [5, 5.41) is 42.2. The molecule has 0 unspecified atom stereocenters. The molecule has 1 fully saturated rings. The van der Waals surface area contributed by atoms with Crippen molar-refractivity contribution in [1.29, 1.82) is 0 Å². The molecule has 1 aliphatic heterocycles. The Labute approximate surface area is 196 Å². The molecule has 4 rings (SSSR count). The topological polar surface area (TPSA) is 138 Å². The van der Waals surface area contributed by atoms with Crippen molar-refractivity contribution in [1.82, 2.24) is 25.0 Å². The number of ether oxygens (including phenoxy) is 1. The molecule has 178 valence electrons. The molecule has 4 atom stereocenters. The minimum absolute atomic E-state index is 0.408. The van der Waals surface area contributed by atoms with E-state index in [4.69, 9.17) is 4.74 Å². The second-order valence-corrected chi connectivity index (χ2v) is 9.07. The number of thioether (sulfide) groups is 1. The van der Waals surface area contributed by atoms with E-state index >= 15 is 0 Å². The first-order valence-electron chi connectivity index (χ1n) is 11.3. The average Bonchev–Trinajstić information content (AvgIpc) is 3.38. The SMILES string of the molecule is CCCSc1nc(NCCCCc2ccccc2)c2nnn([C@@H]3O[C@H](CO)[C@@H](O)[C@H]3O)c2n1. The number of unbranched alkanes of at least 4 members (excludes halogenated alkanes) is 1. The smallest absolute Gasteiger partial charge is 0.191 e. The van der Waals surface area contributed by atoms with Gasteiger partial charge in [0.15, 0.2) is 28.4 Å². The van der Waals surface area contributed by atoms with Crippen LogP contribution in [0.15, 0.2) is 35.5 Å². The van der Waals surface area contributed by atoms with Crippen LogP contribution in [0.3, 0.4) is 0 Å². The fourth-order valence-corrected chi connectivity index (χ4v) is 4.44. The summed E-state index contributed by atoms with van der Waals surface area (Å²) in [5.41, 5.74) is 2.20. The number of benzene rings is 1. The number of aliphatic hydroxyl groups is 3. The van der Waals surface area contributed by atoms with E-state index in [0.717, 1.165) is 38.0 Å². The first-order valence-corrected chi connectivity index (χ1v) is 12.3. The van der Waals surface area contributed by atoms with Gasteiger partial charge < -0.3 is 25.4 Å². The third-order valence-corrected chi connectivity index (χ3v) is 6.58. The van der Waals surface area contributed by atoms with Crippen LogP contribution >= 0.6 is 11.8 Å². The molecule has 0 saturated carbocycles. The lowest BCUT2D eigenvalue weighted by molar-refractivity contribution is -0.0575. The van der Waals surface area contributed by atoms with E-state index in [1.54, 1.807) is 0 Å². The van der Waals surface area contributed by atoms with Crippen LogP contribution in [0.1, 0.15) is 38.0 Å². The molecular weight excluding hydrogens is 444 g/mol.